The standard InChI is InChI=1S/C17H24N4.HI/c1-3-15-8-4-5-9-16(15)14-20-17(18-2)19-10-13-21-11-6-7-12-21;/h4-9,11-12H,3,10,13-14H2,1-2H3,(H2,18,19,20);1H. The van der Waals surface area contributed by atoms with Crippen LogP contribution in [0.25, 0.3) is 0 Å². The van der Waals surface area contributed by atoms with Crippen LogP contribution in [0, 0.1) is 0 Å². The van der Waals surface area contributed by atoms with Crippen molar-refractivity contribution in [1.82, 2.24) is 15.2 Å². The van der Waals surface area contributed by atoms with Crippen LogP contribution in [0.4, 0.5) is 0 Å². The molecule has 0 saturated heterocycles. The van der Waals surface area contributed by atoms with Crippen molar-refractivity contribution in [3.05, 3.63) is 59.9 Å². The van der Waals surface area contributed by atoms with Gasteiger partial charge in [-0.25, -0.2) is 0 Å². The van der Waals surface area contributed by atoms with Gasteiger partial charge >= 0.3 is 0 Å². The van der Waals surface area contributed by atoms with Crippen LogP contribution in [0.3, 0.4) is 0 Å². The van der Waals surface area contributed by atoms with E-state index in [0.717, 1.165) is 32.0 Å². The fourth-order valence-electron chi connectivity index (χ4n) is 2.30. The van der Waals surface area contributed by atoms with E-state index in [1.54, 1.807) is 7.05 Å². The van der Waals surface area contributed by atoms with Crippen molar-refractivity contribution >= 4 is 29.9 Å². The Labute approximate surface area is 150 Å². The van der Waals surface area contributed by atoms with Crippen molar-refractivity contribution in [3.8, 4) is 0 Å². The summed E-state index contributed by atoms with van der Waals surface area (Å²) in [5, 5.41) is 6.70. The summed E-state index contributed by atoms with van der Waals surface area (Å²) in [7, 11) is 1.80. The molecule has 5 heteroatoms. The number of benzene rings is 1. The second-order valence-electron chi connectivity index (χ2n) is 4.90. The summed E-state index contributed by atoms with van der Waals surface area (Å²) in [6.07, 6.45) is 5.18. The summed E-state index contributed by atoms with van der Waals surface area (Å²) in [4.78, 5) is 4.26. The molecule has 22 heavy (non-hydrogen) atoms. The average Bonchev–Trinajstić information content (AvgIpc) is 3.04. The lowest BCUT2D eigenvalue weighted by atomic mass is 10.1. The molecule has 4 nitrogen and oxygen atoms in total. The van der Waals surface area contributed by atoms with Crippen LogP contribution in [-0.4, -0.2) is 24.1 Å². The van der Waals surface area contributed by atoms with Crippen LogP contribution in [0.2, 0.25) is 0 Å². The molecule has 0 aliphatic heterocycles. The normalized spacial score (nSPS) is 10.9. The number of nitrogens with zero attached hydrogens (tertiary/aromatic N) is 2. The summed E-state index contributed by atoms with van der Waals surface area (Å²) < 4.78 is 2.15. The van der Waals surface area contributed by atoms with Crippen LogP contribution in [0.15, 0.2) is 53.8 Å². The van der Waals surface area contributed by atoms with Crippen LogP contribution in [-0.2, 0) is 19.5 Å². The highest BCUT2D eigenvalue weighted by Gasteiger charge is 2.01. The topological polar surface area (TPSA) is 41.4 Å². The second-order valence-corrected chi connectivity index (χ2v) is 4.90. The zero-order valence-electron chi connectivity index (χ0n) is 13.2. The SMILES string of the molecule is CCc1ccccc1CNC(=NC)NCCn1cccc1.I. The fraction of sp³-hybridized carbons (Fsp3) is 0.353. The van der Waals surface area contributed by atoms with Gasteiger partial charge in [-0.15, -0.1) is 24.0 Å². The van der Waals surface area contributed by atoms with Crippen LogP contribution in [0.1, 0.15) is 18.1 Å². The Morgan fingerprint density at radius 1 is 1.05 bits per heavy atom. The lowest BCUT2D eigenvalue weighted by Gasteiger charge is -2.14. The van der Waals surface area contributed by atoms with Gasteiger partial charge in [-0.2, -0.15) is 0 Å². The van der Waals surface area contributed by atoms with E-state index in [9.17, 15) is 0 Å². The Morgan fingerprint density at radius 3 is 2.36 bits per heavy atom. The third-order valence-electron chi connectivity index (χ3n) is 3.50. The molecular formula is C17H25IN4. The summed E-state index contributed by atoms with van der Waals surface area (Å²) in [5.74, 6) is 0.841. The minimum Gasteiger partial charge on any atom is -0.355 e. The van der Waals surface area contributed by atoms with Crippen molar-refractivity contribution in [2.75, 3.05) is 13.6 Å². The molecule has 0 saturated carbocycles. The van der Waals surface area contributed by atoms with Crippen molar-refractivity contribution in [2.45, 2.75) is 26.4 Å². The summed E-state index contributed by atoms with van der Waals surface area (Å²) in [6, 6.07) is 12.6. The van der Waals surface area contributed by atoms with Gasteiger partial charge in [-0.3, -0.25) is 4.99 Å². The van der Waals surface area contributed by atoms with Gasteiger partial charge in [0, 0.05) is 39.1 Å². The Hall–Kier alpha value is -1.50. The minimum absolute atomic E-state index is 0. The largest absolute Gasteiger partial charge is 0.355 e. The maximum absolute atomic E-state index is 4.26. The lowest BCUT2D eigenvalue weighted by Crippen LogP contribution is -2.38. The number of hydrogen-bond donors (Lipinski definition) is 2. The monoisotopic (exact) mass is 412 g/mol. The molecule has 0 fully saturated rings. The number of rotatable bonds is 6. The maximum Gasteiger partial charge on any atom is 0.191 e. The Bertz CT molecular complexity index is 564. The van der Waals surface area contributed by atoms with E-state index in [4.69, 9.17) is 0 Å². The summed E-state index contributed by atoms with van der Waals surface area (Å²) in [6.45, 7) is 4.76. The second kappa shape index (κ2) is 10.3. The highest BCUT2D eigenvalue weighted by Crippen LogP contribution is 2.08. The van der Waals surface area contributed by atoms with Crippen LogP contribution in [0.5, 0.6) is 0 Å². The molecule has 2 N–H and O–H groups in total. The zero-order chi connectivity index (χ0) is 14.9. The molecule has 2 aromatic rings. The van der Waals surface area contributed by atoms with Gasteiger partial charge in [0.15, 0.2) is 5.96 Å². The third-order valence-corrected chi connectivity index (χ3v) is 3.50. The molecule has 0 aliphatic rings. The van der Waals surface area contributed by atoms with Crippen molar-refractivity contribution in [2.24, 2.45) is 4.99 Å². The number of hydrogen-bond acceptors (Lipinski definition) is 1. The fourth-order valence-corrected chi connectivity index (χ4v) is 2.30. The van der Waals surface area contributed by atoms with Crippen molar-refractivity contribution < 1.29 is 0 Å². The number of halogens is 1. The van der Waals surface area contributed by atoms with E-state index in [-0.39, 0.29) is 24.0 Å². The van der Waals surface area contributed by atoms with E-state index in [0.29, 0.717) is 0 Å². The molecule has 1 aromatic carbocycles. The van der Waals surface area contributed by atoms with Gasteiger partial charge in [0.05, 0.1) is 0 Å². The first-order chi connectivity index (χ1) is 10.3. The minimum atomic E-state index is 0. The maximum atomic E-state index is 4.26. The van der Waals surface area contributed by atoms with Crippen molar-refractivity contribution in [3.63, 3.8) is 0 Å². The quantitative estimate of drug-likeness (QED) is 0.435. The Balaban J connectivity index is 0.00000242. The van der Waals surface area contributed by atoms with E-state index in [1.165, 1.54) is 11.1 Å². The molecule has 120 valence electrons. The molecule has 0 radical (unpaired) electrons. The summed E-state index contributed by atoms with van der Waals surface area (Å²) in [5.41, 5.74) is 2.71. The van der Waals surface area contributed by atoms with E-state index < -0.39 is 0 Å². The highest BCUT2D eigenvalue weighted by atomic mass is 127. The van der Waals surface area contributed by atoms with Gasteiger partial charge in [0.1, 0.15) is 0 Å². The number of aryl methyl sites for hydroxylation is 1. The average molecular weight is 412 g/mol. The van der Waals surface area contributed by atoms with Gasteiger partial charge in [0.25, 0.3) is 0 Å². The molecule has 0 spiro atoms. The molecule has 0 atom stereocenters. The van der Waals surface area contributed by atoms with Gasteiger partial charge in [0.2, 0.25) is 0 Å². The number of aliphatic imine (C=N–C) groups is 1. The summed E-state index contributed by atoms with van der Waals surface area (Å²) >= 11 is 0. The highest BCUT2D eigenvalue weighted by molar-refractivity contribution is 14.0. The Morgan fingerprint density at radius 2 is 1.73 bits per heavy atom. The smallest absolute Gasteiger partial charge is 0.191 e. The van der Waals surface area contributed by atoms with Crippen LogP contribution < -0.4 is 10.6 Å². The van der Waals surface area contributed by atoms with Gasteiger partial charge in [-0.1, -0.05) is 31.2 Å². The first-order valence-corrected chi connectivity index (χ1v) is 7.45. The number of aromatic nitrogens is 1. The van der Waals surface area contributed by atoms with E-state index in [2.05, 4.69) is 63.8 Å². The molecule has 0 unspecified atom stereocenters. The molecule has 1 aromatic heterocycles. The molecule has 1 heterocycles. The molecule has 0 bridgehead atoms. The molecule has 2 rings (SSSR count). The van der Waals surface area contributed by atoms with Gasteiger partial charge in [-0.05, 0) is 29.7 Å². The number of guanidine groups is 1. The molecule has 0 amide bonds. The van der Waals surface area contributed by atoms with E-state index >= 15 is 0 Å². The van der Waals surface area contributed by atoms with Gasteiger partial charge < -0.3 is 15.2 Å². The predicted molar refractivity (Wildman–Crippen MR) is 104 cm³/mol. The third kappa shape index (κ3) is 5.71. The van der Waals surface area contributed by atoms with Crippen LogP contribution >= 0.6 is 24.0 Å². The number of nitrogens with one attached hydrogen (secondary N) is 2. The van der Waals surface area contributed by atoms with E-state index in [1.807, 2.05) is 12.1 Å². The molecule has 0 aliphatic carbocycles. The first kappa shape index (κ1) is 18.5. The Kier molecular flexibility index (Phi) is 8.65. The zero-order valence-corrected chi connectivity index (χ0v) is 15.6. The first-order valence-electron chi connectivity index (χ1n) is 7.45. The predicted octanol–water partition coefficient (Wildman–Crippen LogP) is 3.03. The lowest BCUT2D eigenvalue weighted by molar-refractivity contribution is 0.665. The molecular weight excluding hydrogens is 387 g/mol. The van der Waals surface area contributed by atoms with Crippen molar-refractivity contribution in [1.29, 1.82) is 0 Å².